The topological polar surface area (TPSA) is 83.5 Å². The van der Waals surface area contributed by atoms with Gasteiger partial charge >= 0.3 is 0 Å². The first-order valence-corrected chi connectivity index (χ1v) is 8.79. The van der Waals surface area contributed by atoms with Crippen LogP contribution in [0.5, 0.6) is 11.5 Å². The van der Waals surface area contributed by atoms with Gasteiger partial charge in [0.05, 0.1) is 36.4 Å². The van der Waals surface area contributed by atoms with Crippen molar-refractivity contribution in [2.45, 2.75) is 19.9 Å². The molecule has 0 atom stereocenters. The molecule has 1 aliphatic heterocycles. The van der Waals surface area contributed by atoms with Crippen molar-refractivity contribution in [3.05, 3.63) is 58.4 Å². The fourth-order valence-electron chi connectivity index (χ4n) is 3.40. The molecule has 27 heavy (non-hydrogen) atoms. The van der Waals surface area contributed by atoms with Crippen molar-refractivity contribution in [2.75, 3.05) is 13.2 Å². The third-order valence-electron chi connectivity index (χ3n) is 4.70. The summed E-state index contributed by atoms with van der Waals surface area (Å²) in [5.41, 5.74) is 2.20. The highest BCUT2D eigenvalue weighted by atomic mass is 16.5. The van der Waals surface area contributed by atoms with Gasteiger partial charge in [-0.15, -0.1) is 0 Å². The number of nitrogens with zero attached hydrogens (tertiary/aromatic N) is 5. The molecule has 136 valence electrons. The standard InChI is InChI=1S/C19H17N5O3/c1-12-17-14(24-19(22-12)20-11-21-24)5-6-23(18(17)25)10-13-3-4-15-16(9-13)27-8-2-7-26-15/h3-6,9,11H,2,7-8,10H2,1H3. The fraction of sp³-hybridized carbons (Fsp3) is 0.263. The van der Waals surface area contributed by atoms with E-state index in [1.165, 1.54) is 6.33 Å². The van der Waals surface area contributed by atoms with Crippen LogP contribution in [0.25, 0.3) is 16.7 Å². The molecule has 0 saturated carbocycles. The summed E-state index contributed by atoms with van der Waals surface area (Å²) >= 11 is 0. The van der Waals surface area contributed by atoms with Crippen LogP contribution in [-0.2, 0) is 6.54 Å². The van der Waals surface area contributed by atoms with Crippen molar-refractivity contribution in [3.63, 3.8) is 0 Å². The molecule has 0 amide bonds. The van der Waals surface area contributed by atoms with E-state index in [-0.39, 0.29) is 5.56 Å². The van der Waals surface area contributed by atoms with Gasteiger partial charge in [0, 0.05) is 12.6 Å². The van der Waals surface area contributed by atoms with Crippen LogP contribution >= 0.6 is 0 Å². The van der Waals surface area contributed by atoms with E-state index in [1.54, 1.807) is 15.3 Å². The first-order valence-electron chi connectivity index (χ1n) is 8.79. The fourth-order valence-corrected chi connectivity index (χ4v) is 3.40. The van der Waals surface area contributed by atoms with E-state index in [9.17, 15) is 4.79 Å². The lowest BCUT2D eigenvalue weighted by molar-refractivity contribution is 0.297. The minimum Gasteiger partial charge on any atom is -0.490 e. The number of benzene rings is 1. The predicted octanol–water partition coefficient (Wildman–Crippen LogP) is 1.96. The number of fused-ring (bicyclic) bond motifs is 4. The lowest BCUT2D eigenvalue weighted by Crippen LogP contribution is -2.22. The Bertz CT molecular complexity index is 1230. The maximum Gasteiger partial charge on any atom is 0.262 e. The van der Waals surface area contributed by atoms with Crippen LogP contribution in [0.4, 0.5) is 0 Å². The quantitative estimate of drug-likeness (QED) is 0.541. The Morgan fingerprint density at radius 1 is 1.15 bits per heavy atom. The summed E-state index contributed by atoms with van der Waals surface area (Å²) in [6.45, 7) is 3.53. The monoisotopic (exact) mass is 363 g/mol. The zero-order valence-corrected chi connectivity index (χ0v) is 14.8. The van der Waals surface area contributed by atoms with Gasteiger partial charge in [0.25, 0.3) is 11.3 Å². The van der Waals surface area contributed by atoms with E-state index in [0.717, 1.165) is 23.5 Å². The largest absolute Gasteiger partial charge is 0.490 e. The molecule has 1 aliphatic rings. The number of pyridine rings is 1. The lowest BCUT2D eigenvalue weighted by Gasteiger charge is -2.12. The Kier molecular flexibility index (Phi) is 3.56. The molecule has 0 fully saturated rings. The SMILES string of the molecule is Cc1nc2ncnn2c2ccn(Cc3ccc4c(c3)OCCCO4)c(=O)c12. The third kappa shape index (κ3) is 2.61. The minimum absolute atomic E-state index is 0.109. The Balaban J connectivity index is 1.59. The summed E-state index contributed by atoms with van der Waals surface area (Å²) in [4.78, 5) is 21.6. The van der Waals surface area contributed by atoms with Crippen LogP contribution in [0, 0.1) is 6.92 Å². The minimum atomic E-state index is -0.109. The van der Waals surface area contributed by atoms with Crippen LogP contribution in [0.3, 0.4) is 0 Å². The molecule has 0 aliphatic carbocycles. The predicted molar refractivity (Wildman–Crippen MR) is 98.4 cm³/mol. The summed E-state index contributed by atoms with van der Waals surface area (Å²) in [7, 11) is 0. The maximum atomic E-state index is 13.1. The molecular formula is C19H17N5O3. The Labute approximate surface area is 154 Å². The van der Waals surface area contributed by atoms with Crippen molar-refractivity contribution in [1.29, 1.82) is 0 Å². The second-order valence-electron chi connectivity index (χ2n) is 6.51. The molecule has 8 nitrogen and oxygen atoms in total. The zero-order chi connectivity index (χ0) is 18.4. The Morgan fingerprint density at radius 3 is 2.89 bits per heavy atom. The number of hydrogen-bond acceptors (Lipinski definition) is 6. The summed E-state index contributed by atoms with van der Waals surface area (Å²) in [6.07, 6.45) is 4.07. The van der Waals surface area contributed by atoms with Gasteiger partial charge in [0.1, 0.15) is 6.33 Å². The molecule has 0 N–H and O–H groups in total. The van der Waals surface area contributed by atoms with Gasteiger partial charge in [0.15, 0.2) is 11.5 Å². The molecule has 0 bridgehead atoms. The van der Waals surface area contributed by atoms with E-state index < -0.39 is 0 Å². The summed E-state index contributed by atoms with van der Waals surface area (Å²) in [5, 5.41) is 4.71. The second kappa shape index (κ2) is 6.08. The van der Waals surface area contributed by atoms with E-state index in [4.69, 9.17) is 9.47 Å². The summed E-state index contributed by atoms with van der Waals surface area (Å²) in [5.74, 6) is 1.96. The first-order chi connectivity index (χ1) is 13.2. The average Bonchev–Trinajstić information content (AvgIpc) is 3.00. The molecule has 1 aromatic carbocycles. The smallest absolute Gasteiger partial charge is 0.262 e. The molecular weight excluding hydrogens is 346 g/mol. The molecule has 4 aromatic rings. The van der Waals surface area contributed by atoms with Gasteiger partial charge < -0.3 is 14.0 Å². The molecule has 8 heteroatoms. The van der Waals surface area contributed by atoms with E-state index in [0.29, 0.717) is 42.1 Å². The van der Waals surface area contributed by atoms with Gasteiger partial charge in [-0.25, -0.2) is 4.98 Å². The van der Waals surface area contributed by atoms with Crippen LogP contribution in [0.2, 0.25) is 0 Å². The third-order valence-corrected chi connectivity index (χ3v) is 4.70. The van der Waals surface area contributed by atoms with Gasteiger partial charge in [-0.05, 0) is 30.7 Å². The highest BCUT2D eigenvalue weighted by Crippen LogP contribution is 2.30. The molecule has 0 unspecified atom stereocenters. The number of aryl methyl sites for hydroxylation is 1. The van der Waals surface area contributed by atoms with Gasteiger partial charge in [-0.3, -0.25) is 4.79 Å². The van der Waals surface area contributed by atoms with Crippen LogP contribution in [0.1, 0.15) is 17.7 Å². The summed E-state index contributed by atoms with van der Waals surface area (Å²) < 4.78 is 14.7. The number of ether oxygens (including phenoxy) is 2. The Morgan fingerprint density at radius 2 is 2.00 bits per heavy atom. The molecule has 4 heterocycles. The van der Waals surface area contributed by atoms with E-state index in [1.807, 2.05) is 31.2 Å². The number of rotatable bonds is 2. The van der Waals surface area contributed by atoms with Crippen molar-refractivity contribution >= 4 is 16.7 Å². The molecule has 0 spiro atoms. The van der Waals surface area contributed by atoms with Gasteiger partial charge in [0.2, 0.25) is 0 Å². The average molecular weight is 363 g/mol. The van der Waals surface area contributed by atoms with Crippen molar-refractivity contribution in [1.82, 2.24) is 24.1 Å². The second-order valence-corrected chi connectivity index (χ2v) is 6.51. The van der Waals surface area contributed by atoms with E-state index in [2.05, 4.69) is 15.1 Å². The zero-order valence-electron chi connectivity index (χ0n) is 14.8. The Hall–Kier alpha value is -3.42. The normalized spacial score (nSPS) is 13.8. The van der Waals surface area contributed by atoms with Gasteiger partial charge in [-0.2, -0.15) is 14.6 Å². The first kappa shape index (κ1) is 15.8. The highest BCUT2D eigenvalue weighted by molar-refractivity contribution is 5.81. The van der Waals surface area contributed by atoms with Crippen LogP contribution in [0.15, 0.2) is 41.6 Å². The lowest BCUT2D eigenvalue weighted by atomic mass is 10.2. The van der Waals surface area contributed by atoms with Crippen LogP contribution in [-0.4, -0.2) is 37.4 Å². The summed E-state index contributed by atoms with van der Waals surface area (Å²) in [6, 6.07) is 7.66. The maximum absolute atomic E-state index is 13.1. The van der Waals surface area contributed by atoms with Crippen molar-refractivity contribution < 1.29 is 9.47 Å². The van der Waals surface area contributed by atoms with Gasteiger partial charge in [-0.1, -0.05) is 6.07 Å². The van der Waals surface area contributed by atoms with Crippen molar-refractivity contribution in [2.24, 2.45) is 0 Å². The number of hydrogen-bond donors (Lipinski definition) is 0. The molecule has 0 radical (unpaired) electrons. The molecule has 3 aromatic heterocycles. The van der Waals surface area contributed by atoms with E-state index >= 15 is 0 Å². The molecule has 5 rings (SSSR count). The van der Waals surface area contributed by atoms with Crippen molar-refractivity contribution in [3.8, 4) is 11.5 Å². The van der Waals surface area contributed by atoms with Crippen LogP contribution < -0.4 is 15.0 Å². The number of aromatic nitrogens is 5. The highest BCUT2D eigenvalue weighted by Gasteiger charge is 2.14. The molecule has 0 saturated heterocycles.